The predicted octanol–water partition coefficient (Wildman–Crippen LogP) is 2.12. The van der Waals surface area contributed by atoms with Crippen molar-refractivity contribution in [3.8, 4) is 0 Å². The van der Waals surface area contributed by atoms with E-state index >= 15 is 0 Å². The first kappa shape index (κ1) is 15.0. The molecule has 0 aliphatic carbocycles. The Labute approximate surface area is 124 Å². The molecule has 1 N–H and O–H groups in total. The van der Waals surface area contributed by atoms with Crippen molar-refractivity contribution >= 4 is 23.3 Å². The molecule has 1 amide bonds. The summed E-state index contributed by atoms with van der Waals surface area (Å²) in [6.45, 7) is 6.76. The summed E-state index contributed by atoms with van der Waals surface area (Å²) in [5.74, 6) is -0.0380. The number of halogens is 1. The summed E-state index contributed by atoms with van der Waals surface area (Å²) in [4.78, 5) is 26.4. The summed E-state index contributed by atoms with van der Waals surface area (Å²) in [7, 11) is 0. The van der Waals surface area contributed by atoms with Gasteiger partial charge in [-0.2, -0.15) is 0 Å². The number of carbonyl (C=O) groups excluding carboxylic acids is 2. The summed E-state index contributed by atoms with van der Waals surface area (Å²) in [5.41, 5.74) is -0.0663. The molecule has 1 fully saturated rings. The SMILES string of the molecule is CC(C(=O)c1ccc(Cl)cc1)N1CCNC(=O)C1(C)C. The van der Waals surface area contributed by atoms with Gasteiger partial charge in [0.2, 0.25) is 5.91 Å². The first-order valence-electron chi connectivity index (χ1n) is 6.69. The van der Waals surface area contributed by atoms with Crippen molar-refractivity contribution in [2.45, 2.75) is 32.4 Å². The molecule has 0 spiro atoms. The number of Topliss-reactive ketones (excluding diaryl/α,β-unsaturated/α-hetero) is 1. The maximum atomic E-state index is 12.5. The molecule has 108 valence electrons. The van der Waals surface area contributed by atoms with Gasteiger partial charge < -0.3 is 5.32 Å². The molecule has 2 rings (SSSR count). The standard InChI is InChI=1S/C15H19ClN2O2/c1-10(13(19)11-4-6-12(16)7-5-11)18-9-8-17-14(20)15(18,2)3/h4-7,10H,8-9H2,1-3H3,(H,17,20). The normalized spacial score (nSPS) is 20.3. The maximum Gasteiger partial charge on any atom is 0.240 e. The second-order valence-corrected chi connectivity index (χ2v) is 5.99. The van der Waals surface area contributed by atoms with Crippen LogP contribution in [0.3, 0.4) is 0 Å². The third-order valence-electron chi connectivity index (χ3n) is 3.89. The number of piperazine rings is 1. The van der Waals surface area contributed by atoms with Gasteiger partial charge in [-0.05, 0) is 45.0 Å². The molecule has 0 radical (unpaired) electrons. The monoisotopic (exact) mass is 294 g/mol. The Hall–Kier alpha value is -1.39. The van der Waals surface area contributed by atoms with E-state index in [1.807, 2.05) is 25.7 Å². The van der Waals surface area contributed by atoms with Crippen LogP contribution >= 0.6 is 11.6 Å². The minimum Gasteiger partial charge on any atom is -0.353 e. The lowest BCUT2D eigenvalue weighted by molar-refractivity contribution is -0.135. The van der Waals surface area contributed by atoms with Gasteiger partial charge in [-0.1, -0.05) is 11.6 Å². The fourth-order valence-electron chi connectivity index (χ4n) is 2.59. The van der Waals surface area contributed by atoms with Crippen LogP contribution in [0.1, 0.15) is 31.1 Å². The summed E-state index contributed by atoms with van der Waals surface area (Å²) in [5, 5.41) is 3.44. The zero-order valence-electron chi connectivity index (χ0n) is 11.9. The van der Waals surface area contributed by atoms with Gasteiger partial charge in [0, 0.05) is 23.7 Å². The first-order chi connectivity index (χ1) is 9.34. The first-order valence-corrected chi connectivity index (χ1v) is 7.06. The molecule has 1 atom stereocenters. The van der Waals surface area contributed by atoms with Gasteiger partial charge in [0.15, 0.2) is 5.78 Å². The third kappa shape index (κ3) is 2.72. The Morgan fingerprint density at radius 2 is 1.95 bits per heavy atom. The van der Waals surface area contributed by atoms with Crippen molar-refractivity contribution in [3.63, 3.8) is 0 Å². The molecule has 0 aromatic heterocycles. The second kappa shape index (κ2) is 5.54. The summed E-state index contributed by atoms with van der Waals surface area (Å²) < 4.78 is 0. The fourth-order valence-corrected chi connectivity index (χ4v) is 2.72. The van der Waals surface area contributed by atoms with Gasteiger partial charge in [0.05, 0.1) is 11.6 Å². The highest BCUT2D eigenvalue weighted by Crippen LogP contribution is 2.23. The Kier molecular flexibility index (Phi) is 4.16. The lowest BCUT2D eigenvalue weighted by atomic mass is 9.94. The van der Waals surface area contributed by atoms with Crippen LogP contribution in [0.15, 0.2) is 24.3 Å². The molecule has 1 saturated heterocycles. The van der Waals surface area contributed by atoms with Crippen molar-refractivity contribution in [2.75, 3.05) is 13.1 Å². The van der Waals surface area contributed by atoms with Crippen molar-refractivity contribution < 1.29 is 9.59 Å². The summed E-state index contributed by atoms with van der Waals surface area (Å²) in [6.07, 6.45) is 0. The molecule has 1 aliphatic rings. The predicted molar refractivity (Wildman–Crippen MR) is 79.0 cm³/mol. The van der Waals surface area contributed by atoms with Crippen molar-refractivity contribution in [1.29, 1.82) is 0 Å². The fraction of sp³-hybridized carbons (Fsp3) is 0.467. The van der Waals surface area contributed by atoms with Crippen LogP contribution in [0, 0.1) is 0 Å². The number of hydrogen-bond acceptors (Lipinski definition) is 3. The van der Waals surface area contributed by atoms with Gasteiger partial charge >= 0.3 is 0 Å². The van der Waals surface area contributed by atoms with Crippen molar-refractivity contribution in [2.24, 2.45) is 0 Å². The average molecular weight is 295 g/mol. The van der Waals surface area contributed by atoms with Crippen LogP contribution in [0.5, 0.6) is 0 Å². The number of amides is 1. The molecule has 1 aliphatic heterocycles. The molecule has 1 aromatic carbocycles. The quantitative estimate of drug-likeness (QED) is 0.869. The molecular formula is C15H19ClN2O2. The van der Waals surface area contributed by atoms with Gasteiger partial charge in [-0.15, -0.1) is 0 Å². The van der Waals surface area contributed by atoms with Gasteiger partial charge in [-0.25, -0.2) is 0 Å². The van der Waals surface area contributed by atoms with E-state index < -0.39 is 5.54 Å². The molecule has 4 nitrogen and oxygen atoms in total. The number of ketones is 1. The Morgan fingerprint density at radius 1 is 1.35 bits per heavy atom. The lowest BCUT2D eigenvalue weighted by Gasteiger charge is -2.44. The minimum atomic E-state index is -0.681. The topological polar surface area (TPSA) is 49.4 Å². The smallest absolute Gasteiger partial charge is 0.240 e. The number of nitrogens with one attached hydrogen (secondary N) is 1. The zero-order valence-corrected chi connectivity index (χ0v) is 12.7. The largest absolute Gasteiger partial charge is 0.353 e. The lowest BCUT2D eigenvalue weighted by Crippen LogP contribution is -2.65. The van der Waals surface area contributed by atoms with Crippen LogP contribution in [0.4, 0.5) is 0 Å². The van der Waals surface area contributed by atoms with E-state index in [4.69, 9.17) is 11.6 Å². The van der Waals surface area contributed by atoms with Crippen molar-refractivity contribution in [3.05, 3.63) is 34.9 Å². The van der Waals surface area contributed by atoms with Gasteiger partial charge in [0.1, 0.15) is 0 Å². The number of nitrogens with zero attached hydrogens (tertiary/aromatic N) is 1. The Morgan fingerprint density at radius 3 is 2.55 bits per heavy atom. The van der Waals surface area contributed by atoms with Crippen LogP contribution in [-0.4, -0.2) is 41.3 Å². The second-order valence-electron chi connectivity index (χ2n) is 5.56. The molecular weight excluding hydrogens is 276 g/mol. The molecule has 20 heavy (non-hydrogen) atoms. The Balaban J connectivity index is 2.21. The summed E-state index contributed by atoms with van der Waals surface area (Å²) >= 11 is 5.83. The number of benzene rings is 1. The molecule has 0 saturated carbocycles. The van der Waals surface area contributed by atoms with E-state index in [1.54, 1.807) is 24.3 Å². The molecule has 5 heteroatoms. The van der Waals surface area contributed by atoms with Crippen LogP contribution in [0.2, 0.25) is 5.02 Å². The average Bonchev–Trinajstić information content (AvgIpc) is 2.41. The van der Waals surface area contributed by atoms with E-state index in [0.29, 0.717) is 23.7 Å². The van der Waals surface area contributed by atoms with Crippen LogP contribution in [-0.2, 0) is 4.79 Å². The maximum absolute atomic E-state index is 12.5. The number of carbonyl (C=O) groups is 2. The van der Waals surface area contributed by atoms with Crippen LogP contribution < -0.4 is 5.32 Å². The number of hydrogen-bond donors (Lipinski definition) is 1. The molecule has 0 bridgehead atoms. The van der Waals surface area contributed by atoms with E-state index in [9.17, 15) is 9.59 Å². The highest BCUT2D eigenvalue weighted by Gasteiger charge is 2.41. The summed E-state index contributed by atoms with van der Waals surface area (Å²) in [6, 6.07) is 6.50. The van der Waals surface area contributed by atoms with Gasteiger partial charge in [-0.3, -0.25) is 14.5 Å². The van der Waals surface area contributed by atoms with Gasteiger partial charge in [0.25, 0.3) is 0 Å². The van der Waals surface area contributed by atoms with E-state index in [-0.39, 0.29) is 17.7 Å². The number of rotatable bonds is 3. The zero-order chi connectivity index (χ0) is 14.9. The molecule has 1 aromatic rings. The van der Waals surface area contributed by atoms with E-state index in [2.05, 4.69) is 5.32 Å². The van der Waals surface area contributed by atoms with Crippen LogP contribution in [0.25, 0.3) is 0 Å². The van der Waals surface area contributed by atoms with Crippen molar-refractivity contribution in [1.82, 2.24) is 10.2 Å². The molecule has 1 unspecified atom stereocenters. The highest BCUT2D eigenvalue weighted by atomic mass is 35.5. The van der Waals surface area contributed by atoms with E-state index in [1.165, 1.54) is 0 Å². The highest BCUT2D eigenvalue weighted by molar-refractivity contribution is 6.30. The van der Waals surface area contributed by atoms with E-state index in [0.717, 1.165) is 0 Å². The third-order valence-corrected chi connectivity index (χ3v) is 4.14. The minimum absolute atomic E-state index is 0.00411. The Bertz CT molecular complexity index is 525. The molecule has 1 heterocycles.